The Morgan fingerprint density at radius 3 is 2.15 bits per heavy atom. The van der Waals surface area contributed by atoms with Gasteiger partial charge in [0.15, 0.2) is 0 Å². The Hall–Kier alpha value is -2.34. The number of benzene rings is 2. The van der Waals surface area contributed by atoms with Crippen LogP contribution in [0, 0.1) is 6.92 Å². The van der Waals surface area contributed by atoms with Crippen LogP contribution in [-0.2, 0) is 21.2 Å². The van der Waals surface area contributed by atoms with Crippen LogP contribution in [0.25, 0.3) is 0 Å². The summed E-state index contributed by atoms with van der Waals surface area (Å²) in [5, 5.41) is 2.99. The Morgan fingerprint density at radius 2 is 1.63 bits per heavy atom. The first-order chi connectivity index (χ1) is 12.5. The fourth-order valence-electron chi connectivity index (χ4n) is 3.09. The number of carbonyl (C=O) groups excluding carboxylic acids is 1. The third-order valence-corrected chi connectivity index (χ3v) is 5.57. The van der Waals surface area contributed by atoms with Gasteiger partial charge in [0.25, 0.3) is 0 Å². The van der Waals surface area contributed by atoms with Gasteiger partial charge < -0.3 is 5.32 Å². The number of sulfonamides is 1. The summed E-state index contributed by atoms with van der Waals surface area (Å²) >= 11 is 0. The van der Waals surface area contributed by atoms with Crippen molar-refractivity contribution >= 4 is 21.6 Å². The van der Waals surface area contributed by atoms with Gasteiger partial charge in [-0.25, -0.2) is 8.42 Å². The van der Waals surface area contributed by atoms with Gasteiger partial charge in [-0.2, -0.15) is 0 Å². The van der Waals surface area contributed by atoms with Gasteiger partial charge in [0, 0.05) is 5.54 Å². The van der Waals surface area contributed by atoms with E-state index in [1.807, 2.05) is 63.2 Å². The maximum atomic E-state index is 12.9. The van der Waals surface area contributed by atoms with Gasteiger partial charge in [-0.3, -0.25) is 9.10 Å². The molecule has 2 aromatic carbocycles. The van der Waals surface area contributed by atoms with E-state index in [0.29, 0.717) is 12.1 Å². The third-order valence-electron chi connectivity index (χ3n) is 4.33. The van der Waals surface area contributed by atoms with Crippen LogP contribution >= 0.6 is 0 Å². The number of amides is 1. The van der Waals surface area contributed by atoms with Crippen LogP contribution in [0.1, 0.15) is 31.9 Å². The van der Waals surface area contributed by atoms with E-state index in [4.69, 9.17) is 0 Å². The third kappa shape index (κ3) is 5.82. The number of rotatable bonds is 7. The lowest BCUT2D eigenvalue weighted by Gasteiger charge is -2.33. The van der Waals surface area contributed by atoms with E-state index in [2.05, 4.69) is 5.32 Å². The number of nitrogens with one attached hydrogen (secondary N) is 1. The monoisotopic (exact) mass is 388 g/mol. The van der Waals surface area contributed by atoms with E-state index < -0.39 is 21.6 Å². The highest BCUT2D eigenvalue weighted by molar-refractivity contribution is 7.92. The Balaban J connectivity index is 2.20. The molecular formula is C21H28N2O3S. The van der Waals surface area contributed by atoms with Crippen molar-refractivity contribution in [2.24, 2.45) is 0 Å². The Bertz CT molecular complexity index is 875. The Kier molecular flexibility index (Phi) is 6.31. The summed E-state index contributed by atoms with van der Waals surface area (Å²) in [6, 6.07) is 16.1. The SMILES string of the molecule is Cc1ccc(N([C@H](C)C(=O)NC(C)(C)Cc2ccccc2)S(C)(=O)=O)cc1. The minimum atomic E-state index is -3.62. The minimum absolute atomic E-state index is 0.332. The first kappa shape index (κ1) is 21.0. The highest BCUT2D eigenvalue weighted by Crippen LogP contribution is 2.22. The number of anilines is 1. The molecule has 27 heavy (non-hydrogen) atoms. The topological polar surface area (TPSA) is 66.5 Å². The first-order valence-electron chi connectivity index (χ1n) is 8.92. The number of aryl methyl sites for hydroxylation is 1. The molecule has 0 aromatic heterocycles. The van der Waals surface area contributed by atoms with Crippen molar-refractivity contribution < 1.29 is 13.2 Å². The van der Waals surface area contributed by atoms with Crippen molar-refractivity contribution in [2.45, 2.75) is 45.7 Å². The van der Waals surface area contributed by atoms with Gasteiger partial charge in [-0.05, 0) is 51.8 Å². The summed E-state index contributed by atoms with van der Waals surface area (Å²) in [6.07, 6.45) is 1.77. The number of carbonyl (C=O) groups is 1. The van der Waals surface area contributed by atoms with Crippen LogP contribution in [0.5, 0.6) is 0 Å². The van der Waals surface area contributed by atoms with E-state index in [1.165, 1.54) is 4.31 Å². The zero-order chi connectivity index (χ0) is 20.2. The normalized spacial score (nSPS) is 13.1. The molecule has 0 heterocycles. The molecule has 0 aliphatic carbocycles. The molecule has 1 amide bonds. The summed E-state index contributed by atoms with van der Waals surface area (Å²) in [5.41, 5.74) is 2.09. The van der Waals surface area contributed by atoms with Crippen LogP contribution in [0.3, 0.4) is 0 Å². The van der Waals surface area contributed by atoms with E-state index in [0.717, 1.165) is 17.4 Å². The largest absolute Gasteiger partial charge is 0.349 e. The molecule has 2 rings (SSSR count). The Morgan fingerprint density at radius 1 is 1.07 bits per heavy atom. The van der Waals surface area contributed by atoms with E-state index in [-0.39, 0.29) is 5.91 Å². The van der Waals surface area contributed by atoms with Crippen molar-refractivity contribution in [3.05, 3.63) is 65.7 Å². The lowest BCUT2D eigenvalue weighted by Crippen LogP contribution is -2.54. The predicted octanol–water partition coefficient (Wildman–Crippen LogP) is 3.29. The van der Waals surface area contributed by atoms with Crippen molar-refractivity contribution in [2.75, 3.05) is 10.6 Å². The smallest absolute Gasteiger partial charge is 0.244 e. The molecule has 2 aromatic rings. The Labute approximate surface area is 162 Å². The van der Waals surface area contributed by atoms with Crippen molar-refractivity contribution in [3.8, 4) is 0 Å². The highest BCUT2D eigenvalue weighted by Gasteiger charge is 2.32. The molecule has 0 bridgehead atoms. The summed E-state index contributed by atoms with van der Waals surface area (Å²) in [4.78, 5) is 12.9. The zero-order valence-corrected chi connectivity index (χ0v) is 17.4. The lowest BCUT2D eigenvalue weighted by molar-refractivity contribution is -0.123. The fraction of sp³-hybridized carbons (Fsp3) is 0.381. The van der Waals surface area contributed by atoms with Gasteiger partial charge in [-0.1, -0.05) is 48.0 Å². The fourth-order valence-corrected chi connectivity index (χ4v) is 4.26. The molecule has 0 unspecified atom stereocenters. The molecule has 146 valence electrons. The molecule has 0 fully saturated rings. The second-order valence-electron chi connectivity index (χ2n) is 7.61. The molecule has 0 aliphatic heterocycles. The molecular weight excluding hydrogens is 360 g/mol. The van der Waals surface area contributed by atoms with Crippen LogP contribution in [0.4, 0.5) is 5.69 Å². The highest BCUT2D eigenvalue weighted by atomic mass is 32.2. The average Bonchev–Trinajstić information content (AvgIpc) is 2.55. The zero-order valence-electron chi connectivity index (χ0n) is 16.6. The molecule has 5 nitrogen and oxygen atoms in total. The summed E-state index contributed by atoms with van der Waals surface area (Å²) in [6.45, 7) is 7.40. The first-order valence-corrected chi connectivity index (χ1v) is 10.8. The number of nitrogens with zero attached hydrogens (tertiary/aromatic N) is 1. The quantitative estimate of drug-likeness (QED) is 0.791. The maximum Gasteiger partial charge on any atom is 0.244 e. The number of hydrogen-bond acceptors (Lipinski definition) is 3. The number of hydrogen-bond donors (Lipinski definition) is 1. The van der Waals surface area contributed by atoms with Gasteiger partial charge >= 0.3 is 0 Å². The van der Waals surface area contributed by atoms with Crippen LogP contribution < -0.4 is 9.62 Å². The molecule has 1 N–H and O–H groups in total. The van der Waals surface area contributed by atoms with E-state index in [9.17, 15) is 13.2 Å². The van der Waals surface area contributed by atoms with E-state index in [1.54, 1.807) is 19.1 Å². The minimum Gasteiger partial charge on any atom is -0.349 e. The van der Waals surface area contributed by atoms with Crippen LogP contribution in [-0.4, -0.2) is 32.2 Å². The van der Waals surface area contributed by atoms with Crippen molar-refractivity contribution in [3.63, 3.8) is 0 Å². The molecule has 0 spiro atoms. The molecule has 0 saturated heterocycles. The van der Waals surface area contributed by atoms with E-state index >= 15 is 0 Å². The maximum absolute atomic E-state index is 12.9. The van der Waals surface area contributed by atoms with Crippen molar-refractivity contribution in [1.82, 2.24) is 5.32 Å². The average molecular weight is 389 g/mol. The summed E-state index contributed by atoms with van der Waals surface area (Å²) in [7, 11) is -3.62. The summed E-state index contributed by atoms with van der Waals surface area (Å²) in [5.74, 6) is -0.332. The van der Waals surface area contributed by atoms with Gasteiger partial charge in [0.05, 0.1) is 11.9 Å². The summed E-state index contributed by atoms with van der Waals surface area (Å²) < 4.78 is 25.9. The molecule has 0 radical (unpaired) electrons. The van der Waals surface area contributed by atoms with Gasteiger partial charge in [-0.15, -0.1) is 0 Å². The molecule has 6 heteroatoms. The second-order valence-corrected chi connectivity index (χ2v) is 9.47. The predicted molar refractivity (Wildman–Crippen MR) is 110 cm³/mol. The molecule has 0 aliphatic rings. The van der Waals surface area contributed by atoms with Gasteiger partial charge in [0.2, 0.25) is 15.9 Å². The standard InChI is InChI=1S/C21H28N2O3S/c1-16-11-13-19(14-12-16)23(27(5,25)26)17(2)20(24)22-21(3,4)15-18-9-7-6-8-10-18/h6-14,17H,15H2,1-5H3,(H,22,24)/t17-/m1/s1. The van der Waals surface area contributed by atoms with Gasteiger partial charge in [0.1, 0.15) is 6.04 Å². The van der Waals surface area contributed by atoms with Crippen LogP contribution in [0.2, 0.25) is 0 Å². The second kappa shape index (κ2) is 8.13. The molecule has 1 atom stereocenters. The van der Waals surface area contributed by atoms with Crippen molar-refractivity contribution in [1.29, 1.82) is 0 Å². The lowest BCUT2D eigenvalue weighted by atomic mass is 9.94. The molecule has 0 saturated carbocycles. The van der Waals surface area contributed by atoms with Crippen LogP contribution in [0.15, 0.2) is 54.6 Å².